The maximum atomic E-state index is 6.23. The molecule has 1 aliphatic heterocycles. The number of benzene rings is 2. The second-order valence-electron chi connectivity index (χ2n) is 5.01. The zero-order valence-corrected chi connectivity index (χ0v) is 12.5. The fourth-order valence-electron chi connectivity index (χ4n) is 2.37. The minimum Gasteiger partial charge on any atom is -0.486 e. The van der Waals surface area contributed by atoms with Gasteiger partial charge in [-0.3, -0.25) is 0 Å². The highest BCUT2D eigenvalue weighted by Crippen LogP contribution is 2.38. The Morgan fingerprint density at radius 1 is 1.00 bits per heavy atom. The van der Waals surface area contributed by atoms with E-state index in [2.05, 4.69) is 29.6 Å². The predicted molar refractivity (Wildman–Crippen MR) is 84.3 cm³/mol. The van der Waals surface area contributed by atoms with Crippen LogP contribution in [-0.4, -0.2) is 19.8 Å². The predicted octanol–water partition coefficient (Wildman–Crippen LogP) is 3.44. The van der Waals surface area contributed by atoms with E-state index >= 15 is 0 Å². The Bertz CT molecular complexity index is 601. The standard InChI is InChI=1S/C17H18ClNO2/c18-15-10-14(11-16-17(15)21-9-8-20-16)6-7-19-12-13-4-2-1-3-5-13/h1-5,10-11,19H,6-9,12H2. The average molecular weight is 304 g/mol. The lowest BCUT2D eigenvalue weighted by Crippen LogP contribution is -2.18. The van der Waals surface area contributed by atoms with E-state index in [1.54, 1.807) is 0 Å². The third-order valence-electron chi connectivity index (χ3n) is 3.42. The van der Waals surface area contributed by atoms with E-state index in [0.29, 0.717) is 24.0 Å². The van der Waals surface area contributed by atoms with Crippen molar-refractivity contribution in [2.24, 2.45) is 0 Å². The maximum Gasteiger partial charge on any atom is 0.179 e. The monoisotopic (exact) mass is 303 g/mol. The third kappa shape index (κ3) is 3.69. The second kappa shape index (κ2) is 6.83. The molecule has 21 heavy (non-hydrogen) atoms. The van der Waals surface area contributed by atoms with E-state index < -0.39 is 0 Å². The van der Waals surface area contributed by atoms with Gasteiger partial charge in [-0.2, -0.15) is 0 Å². The van der Waals surface area contributed by atoms with Crippen LogP contribution in [0.15, 0.2) is 42.5 Å². The summed E-state index contributed by atoms with van der Waals surface area (Å²) in [5.74, 6) is 1.43. The number of rotatable bonds is 5. The number of hydrogen-bond donors (Lipinski definition) is 1. The summed E-state index contributed by atoms with van der Waals surface area (Å²) >= 11 is 6.23. The Balaban J connectivity index is 1.55. The van der Waals surface area contributed by atoms with Crippen LogP contribution in [0.25, 0.3) is 0 Å². The summed E-state index contributed by atoms with van der Waals surface area (Å²) < 4.78 is 11.1. The fraction of sp³-hybridized carbons (Fsp3) is 0.294. The zero-order valence-electron chi connectivity index (χ0n) is 11.8. The summed E-state index contributed by atoms with van der Waals surface area (Å²) in [6.07, 6.45) is 0.906. The molecule has 110 valence electrons. The van der Waals surface area contributed by atoms with Crippen molar-refractivity contribution in [1.29, 1.82) is 0 Å². The van der Waals surface area contributed by atoms with Crippen LogP contribution in [0.4, 0.5) is 0 Å². The van der Waals surface area contributed by atoms with Crippen molar-refractivity contribution in [3.05, 3.63) is 58.6 Å². The van der Waals surface area contributed by atoms with E-state index in [0.717, 1.165) is 30.8 Å². The Morgan fingerprint density at radius 2 is 1.81 bits per heavy atom. The molecule has 3 nitrogen and oxygen atoms in total. The summed E-state index contributed by atoms with van der Waals surface area (Å²) in [6.45, 7) is 2.91. The summed E-state index contributed by atoms with van der Waals surface area (Å²) in [5.41, 5.74) is 2.45. The smallest absolute Gasteiger partial charge is 0.179 e. The molecule has 0 fully saturated rings. The van der Waals surface area contributed by atoms with Crippen LogP contribution >= 0.6 is 11.6 Å². The maximum absolute atomic E-state index is 6.23. The molecule has 2 aromatic rings. The van der Waals surface area contributed by atoms with E-state index in [1.807, 2.05) is 18.2 Å². The summed E-state index contributed by atoms with van der Waals surface area (Å²) in [5, 5.41) is 4.06. The van der Waals surface area contributed by atoms with Crippen LogP contribution in [-0.2, 0) is 13.0 Å². The van der Waals surface area contributed by atoms with Gasteiger partial charge in [0.1, 0.15) is 13.2 Å². The zero-order chi connectivity index (χ0) is 14.5. The van der Waals surface area contributed by atoms with Gasteiger partial charge in [0.05, 0.1) is 5.02 Å². The first-order valence-electron chi connectivity index (χ1n) is 7.15. The molecule has 0 radical (unpaired) electrons. The van der Waals surface area contributed by atoms with Gasteiger partial charge in [-0.05, 0) is 36.2 Å². The second-order valence-corrected chi connectivity index (χ2v) is 5.42. The van der Waals surface area contributed by atoms with Crippen LogP contribution in [0.5, 0.6) is 11.5 Å². The van der Waals surface area contributed by atoms with E-state index in [4.69, 9.17) is 21.1 Å². The van der Waals surface area contributed by atoms with Crippen LogP contribution < -0.4 is 14.8 Å². The average Bonchev–Trinajstić information content (AvgIpc) is 2.53. The van der Waals surface area contributed by atoms with E-state index in [9.17, 15) is 0 Å². The van der Waals surface area contributed by atoms with E-state index in [1.165, 1.54) is 5.56 Å². The summed E-state index contributed by atoms with van der Waals surface area (Å²) in [6, 6.07) is 14.3. The Morgan fingerprint density at radius 3 is 2.67 bits per heavy atom. The Hall–Kier alpha value is -1.71. The van der Waals surface area contributed by atoms with Gasteiger partial charge >= 0.3 is 0 Å². The van der Waals surface area contributed by atoms with Gasteiger partial charge in [0.15, 0.2) is 11.5 Å². The quantitative estimate of drug-likeness (QED) is 0.858. The first-order chi connectivity index (χ1) is 10.3. The SMILES string of the molecule is Clc1cc(CCNCc2ccccc2)cc2c1OCCO2. The largest absolute Gasteiger partial charge is 0.486 e. The topological polar surface area (TPSA) is 30.5 Å². The highest BCUT2D eigenvalue weighted by molar-refractivity contribution is 6.32. The Kier molecular flexibility index (Phi) is 4.63. The first-order valence-corrected chi connectivity index (χ1v) is 7.53. The van der Waals surface area contributed by atoms with Crippen LogP contribution in [0.1, 0.15) is 11.1 Å². The number of nitrogens with one attached hydrogen (secondary N) is 1. The molecule has 0 atom stereocenters. The van der Waals surface area contributed by atoms with Crippen molar-refractivity contribution in [2.45, 2.75) is 13.0 Å². The number of hydrogen-bond acceptors (Lipinski definition) is 3. The fourth-order valence-corrected chi connectivity index (χ4v) is 2.66. The minimum absolute atomic E-state index is 0.560. The summed E-state index contributed by atoms with van der Waals surface area (Å²) in [7, 11) is 0. The van der Waals surface area contributed by atoms with Crippen molar-refractivity contribution in [3.63, 3.8) is 0 Å². The lowest BCUT2D eigenvalue weighted by molar-refractivity contribution is 0.171. The molecule has 0 aromatic heterocycles. The molecule has 0 spiro atoms. The molecule has 0 saturated carbocycles. The molecule has 0 amide bonds. The van der Waals surface area contributed by atoms with Crippen molar-refractivity contribution in [3.8, 4) is 11.5 Å². The molecule has 0 bridgehead atoms. The van der Waals surface area contributed by atoms with Crippen molar-refractivity contribution in [1.82, 2.24) is 5.32 Å². The van der Waals surface area contributed by atoms with Gasteiger partial charge in [0, 0.05) is 6.54 Å². The van der Waals surface area contributed by atoms with Gasteiger partial charge < -0.3 is 14.8 Å². The highest BCUT2D eigenvalue weighted by Gasteiger charge is 2.16. The third-order valence-corrected chi connectivity index (χ3v) is 3.70. The molecule has 0 unspecified atom stereocenters. The molecule has 2 aromatic carbocycles. The Labute approximate surface area is 129 Å². The van der Waals surface area contributed by atoms with Crippen molar-refractivity contribution in [2.75, 3.05) is 19.8 Å². The lowest BCUT2D eigenvalue weighted by atomic mass is 10.1. The van der Waals surface area contributed by atoms with Crippen LogP contribution in [0.3, 0.4) is 0 Å². The van der Waals surface area contributed by atoms with Gasteiger partial charge in [0.25, 0.3) is 0 Å². The summed E-state index contributed by atoms with van der Waals surface area (Å²) in [4.78, 5) is 0. The van der Waals surface area contributed by atoms with Gasteiger partial charge in [-0.25, -0.2) is 0 Å². The van der Waals surface area contributed by atoms with E-state index in [-0.39, 0.29) is 0 Å². The normalized spacial score (nSPS) is 13.2. The molecule has 4 heteroatoms. The van der Waals surface area contributed by atoms with Crippen LogP contribution in [0, 0.1) is 0 Å². The minimum atomic E-state index is 0.560. The number of ether oxygens (including phenoxy) is 2. The number of halogens is 1. The molecule has 1 heterocycles. The highest BCUT2D eigenvalue weighted by atomic mass is 35.5. The molecule has 3 rings (SSSR count). The van der Waals surface area contributed by atoms with Gasteiger partial charge in [-0.15, -0.1) is 0 Å². The van der Waals surface area contributed by atoms with Crippen molar-refractivity contribution >= 4 is 11.6 Å². The molecule has 1 N–H and O–H groups in total. The molecular weight excluding hydrogens is 286 g/mol. The molecule has 1 aliphatic rings. The lowest BCUT2D eigenvalue weighted by Gasteiger charge is -2.20. The first kappa shape index (κ1) is 14.2. The van der Waals surface area contributed by atoms with Gasteiger partial charge in [0.2, 0.25) is 0 Å². The van der Waals surface area contributed by atoms with Gasteiger partial charge in [-0.1, -0.05) is 41.9 Å². The molecule has 0 aliphatic carbocycles. The number of fused-ring (bicyclic) bond motifs is 1. The molecular formula is C17H18ClNO2. The van der Waals surface area contributed by atoms with Crippen LogP contribution in [0.2, 0.25) is 5.02 Å². The van der Waals surface area contributed by atoms with Crippen molar-refractivity contribution < 1.29 is 9.47 Å². The molecule has 0 saturated heterocycles.